The molecule has 0 aromatic heterocycles. The molecule has 0 radical (unpaired) electrons. The summed E-state index contributed by atoms with van der Waals surface area (Å²) >= 11 is 0. The van der Waals surface area contributed by atoms with Crippen LogP contribution in [0.25, 0.3) is 0 Å². The molecule has 0 saturated carbocycles. The van der Waals surface area contributed by atoms with Crippen molar-refractivity contribution in [1.82, 2.24) is 0 Å². The predicted molar refractivity (Wildman–Crippen MR) is 53.8 cm³/mol. The van der Waals surface area contributed by atoms with E-state index < -0.39 is 34.6 Å². The van der Waals surface area contributed by atoms with E-state index in [0.29, 0.717) is 6.07 Å². The molecule has 0 atom stereocenters. The topological polar surface area (TPSA) is 70.3 Å². The summed E-state index contributed by atoms with van der Waals surface area (Å²) in [5.41, 5.74) is -3.00. The average molecular weight is 259 g/mol. The highest BCUT2D eigenvalue weighted by Crippen LogP contribution is 2.39. The van der Waals surface area contributed by atoms with E-state index in [1.54, 1.807) is 0 Å². The lowest BCUT2D eigenvalue weighted by molar-refractivity contribution is -0.139. The average Bonchev–Trinajstić information content (AvgIpc) is 2.26. The summed E-state index contributed by atoms with van der Waals surface area (Å²) in [5, 5.41) is 17.9. The number of nitriles is 1. The number of nitrogens with zero attached hydrogens (tertiary/aromatic N) is 1. The minimum atomic E-state index is -4.93. The summed E-state index contributed by atoms with van der Waals surface area (Å²) in [5.74, 6) is -2.15. The molecule has 0 unspecified atom stereocenters. The number of aromatic hydroxyl groups is 1. The van der Waals surface area contributed by atoms with E-state index >= 15 is 0 Å². The summed E-state index contributed by atoms with van der Waals surface area (Å²) in [6.07, 6.45) is -4.93. The lowest BCUT2D eigenvalue weighted by atomic mass is 10.0. The van der Waals surface area contributed by atoms with Crippen LogP contribution in [0.1, 0.15) is 28.4 Å². The molecule has 0 amide bonds. The van der Waals surface area contributed by atoms with Gasteiger partial charge in [0, 0.05) is 0 Å². The monoisotopic (exact) mass is 259 g/mol. The van der Waals surface area contributed by atoms with Crippen LogP contribution in [0.2, 0.25) is 0 Å². The molecule has 0 aliphatic carbocycles. The second-order valence-corrected chi connectivity index (χ2v) is 3.21. The minimum Gasteiger partial charge on any atom is -0.507 e. The van der Waals surface area contributed by atoms with Crippen LogP contribution in [-0.4, -0.2) is 17.7 Å². The predicted octanol–water partition coefficient (Wildman–Crippen LogP) is 2.46. The fourth-order valence-corrected chi connectivity index (χ4v) is 1.37. The Morgan fingerprint density at radius 1 is 1.50 bits per heavy atom. The van der Waals surface area contributed by atoms with Crippen molar-refractivity contribution < 1.29 is 27.8 Å². The molecular weight excluding hydrogens is 251 g/mol. The Morgan fingerprint density at radius 2 is 2.11 bits per heavy atom. The molecule has 0 spiro atoms. The third-order valence-corrected chi connectivity index (χ3v) is 2.07. The van der Waals surface area contributed by atoms with Gasteiger partial charge in [-0.2, -0.15) is 18.4 Å². The first-order valence-electron chi connectivity index (χ1n) is 4.83. The molecule has 1 aromatic carbocycles. The standard InChI is InChI=1S/C11H8F3NO3/c1-2-18-10(17)6-3-4-8(16)9(7(6)5-15)11(12,13)14/h3-4,16H,2H2,1H3. The lowest BCUT2D eigenvalue weighted by Crippen LogP contribution is -2.14. The smallest absolute Gasteiger partial charge is 0.421 e. The fraction of sp³-hybridized carbons (Fsp3) is 0.273. The molecule has 96 valence electrons. The molecule has 4 nitrogen and oxygen atoms in total. The van der Waals surface area contributed by atoms with Gasteiger partial charge in [-0.25, -0.2) is 4.79 Å². The van der Waals surface area contributed by atoms with Gasteiger partial charge in [-0.15, -0.1) is 0 Å². The van der Waals surface area contributed by atoms with Crippen LogP contribution in [0.4, 0.5) is 13.2 Å². The van der Waals surface area contributed by atoms with E-state index in [4.69, 9.17) is 5.26 Å². The summed E-state index contributed by atoms with van der Waals surface area (Å²) in [6.45, 7) is 1.45. The van der Waals surface area contributed by atoms with Crippen molar-refractivity contribution in [3.05, 3.63) is 28.8 Å². The minimum absolute atomic E-state index is 0.0358. The van der Waals surface area contributed by atoms with Crippen molar-refractivity contribution in [2.45, 2.75) is 13.1 Å². The van der Waals surface area contributed by atoms with Gasteiger partial charge in [-0.05, 0) is 19.1 Å². The maximum atomic E-state index is 12.7. The van der Waals surface area contributed by atoms with Gasteiger partial charge in [-0.1, -0.05) is 0 Å². The van der Waals surface area contributed by atoms with Gasteiger partial charge >= 0.3 is 12.1 Å². The first kappa shape index (κ1) is 13.8. The third kappa shape index (κ3) is 2.53. The largest absolute Gasteiger partial charge is 0.507 e. The number of benzene rings is 1. The van der Waals surface area contributed by atoms with Gasteiger partial charge in [0.2, 0.25) is 0 Å². The van der Waals surface area contributed by atoms with Crippen molar-refractivity contribution in [2.24, 2.45) is 0 Å². The molecule has 0 heterocycles. The maximum Gasteiger partial charge on any atom is 0.421 e. The quantitative estimate of drug-likeness (QED) is 0.828. The van der Waals surface area contributed by atoms with Crippen LogP contribution >= 0.6 is 0 Å². The van der Waals surface area contributed by atoms with Gasteiger partial charge in [0.15, 0.2) is 0 Å². The molecule has 18 heavy (non-hydrogen) atoms. The van der Waals surface area contributed by atoms with E-state index in [1.165, 1.54) is 13.0 Å². The van der Waals surface area contributed by atoms with E-state index in [9.17, 15) is 23.1 Å². The van der Waals surface area contributed by atoms with Crippen LogP contribution in [0, 0.1) is 11.3 Å². The number of hydrogen-bond donors (Lipinski definition) is 1. The van der Waals surface area contributed by atoms with Crippen LogP contribution in [0.5, 0.6) is 5.75 Å². The van der Waals surface area contributed by atoms with Gasteiger partial charge in [0.1, 0.15) is 17.4 Å². The number of halogens is 3. The SMILES string of the molecule is CCOC(=O)c1ccc(O)c(C(F)(F)F)c1C#N. The first-order valence-corrected chi connectivity index (χ1v) is 4.83. The number of esters is 1. The molecule has 0 saturated heterocycles. The highest BCUT2D eigenvalue weighted by atomic mass is 19.4. The number of carbonyl (C=O) groups is 1. The molecule has 7 heteroatoms. The van der Waals surface area contributed by atoms with Crippen LogP contribution in [0.3, 0.4) is 0 Å². The summed E-state index contributed by atoms with van der Waals surface area (Å²) in [4.78, 5) is 11.4. The molecule has 0 bridgehead atoms. The summed E-state index contributed by atoms with van der Waals surface area (Å²) in [7, 11) is 0. The van der Waals surface area contributed by atoms with Crippen LogP contribution < -0.4 is 0 Å². The second kappa shape index (κ2) is 4.96. The van der Waals surface area contributed by atoms with Gasteiger partial charge in [0.05, 0.1) is 17.7 Å². The Kier molecular flexibility index (Phi) is 3.81. The van der Waals surface area contributed by atoms with Gasteiger partial charge < -0.3 is 9.84 Å². The number of carbonyl (C=O) groups excluding carboxylic acids is 1. The Labute approximate surface area is 100 Å². The van der Waals surface area contributed by atoms with E-state index in [-0.39, 0.29) is 6.61 Å². The Hall–Kier alpha value is -2.23. The molecule has 0 aliphatic rings. The third-order valence-electron chi connectivity index (χ3n) is 2.07. The Morgan fingerprint density at radius 3 is 2.56 bits per heavy atom. The lowest BCUT2D eigenvalue weighted by Gasteiger charge is -2.13. The van der Waals surface area contributed by atoms with Crippen molar-refractivity contribution in [3.8, 4) is 11.8 Å². The highest BCUT2D eigenvalue weighted by Gasteiger charge is 2.39. The van der Waals surface area contributed by atoms with Gasteiger partial charge in [0.25, 0.3) is 0 Å². The van der Waals surface area contributed by atoms with Crippen molar-refractivity contribution >= 4 is 5.97 Å². The fourth-order valence-electron chi connectivity index (χ4n) is 1.37. The summed E-state index contributed by atoms with van der Waals surface area (Å²) in [6, 6.07) is 2.89. The Balaban J connectivity index is 3.50. The van der Waals surface area contributed by atoms with Crippen molar-refractivity contribution in [1.29, 1.82) is 5.26 Å². The molecule has 1 aromatic rings. The number of ether oxygens (including phenoxy) is 1. The maximum absolute atomic E-state index is 12.7. The summed E-state index contributed by atoms with van der Waals surface area (Å²) < 4.78 is 42.5. The first-order chi connectivity index (χ1) is 8.32. The van der Waals surface area contributed by atoms with Gasteiger partial charge in [-0.3, -0.25) is 0 Å². The zero-order valence-electron chi connectivity index (χ0n) is 9.21. The second-order valence-electron chi connectivity index (χ2n) is 3.21. The molecule has 0 fully saturated rings. The molecule has 1 N–H and O–H groups in total. The zero-order chi connectivity index (χ0) is 13.9. The van der Waals surface area contributed by atoms with Crippen LogP contribution in [-0.2, 0) is 10.9 Å². The number of rotatable bonds is 2. The molecule has 0 aliphatic heterocycles. The van der Waals surface area contributed by atoms with E-state index in [0.717, 1.165) is 6.07 Å². The number of phenolic OH excluding ortho intramolecular Hbond substituents is 1. The molecule has 1 rings (SSSR count). The Bertz CT molecular complexity index is 517. The normalized spacial score (nSPS) is 10.8. The zero-order valence-corrected chi connectivity index (χ0v) is 9.21. The van der Waals surface area contributed by atoms with Crippen molar-refractivity contribution in [2.75, 3.05) is 6.61 Å². The number of phenols is 1. The van der Waals surface area contributed by atoms with E-state index in [1.807, 2.05) is 0 Å². The highest BCUT2D eigenvalue weighted by molar-refractivity contribution is 5.93. The van der Waals surface area contributed by atoms with Crippen LogP contribution in [0.15, 0.2) is 12.1 Å². The van der Waals surface area contributed by atoms with Crippen molar-refractivity contribution in [3.63, 3.8) is 0 Å². The number of alkyl halides is 3. The number of hydrogen-bond acceptors (Lipinski definition) is 4. The molecular formula is C11H8F3NO3. The van der Waals surface area contributed by atoms with E-state index in [2.05, 4.69) is 4.74 Å².